The van der Waals surface area contributed by atoms with Crippen molar-refractivity contribution in [1.29, 1.82) is 0 Å². The number of hydrogen-bond acceptors (Lipinski definition) is 2. The van der Waals surface area contributed by atoms with Crippen LogP contribution in [0.3, 0.4) is 0 Å². The van der Waals surface area contributed by atoms with E-state index in [-0.39, 0.29) is 0 Å². The molecule has 1 aromatic carbocycles. The summed E-state index contributed by atoms with van der Waals surface area (Å²) in [5, 5.41) is 3.60. The van der Waals surface area contributed by atoms with Crippen molar-refractivity contribution in [2.24, 2.45) is 5.92 Å². The molecular formula is C18H26N2. The molecule has 2 atom stereocenters. The Labute approximate surface area is 122 Å². The predicted octanol–water partition coefficient (Wildman–Crippen LogP) is 3.81. The summed E-state index contributed by atoms with van der Waals surface area (Å²) in [4.78, 5) is 2.79. The van der Waals surface area contributed by atoms with Crippen LogP contribution in [0.2, 0.25) is 0 Å². The molecule has 2 fully saturated rings. The molecule has 2 nitrogen and oxygen atoms in total. The highest BCUT2D eigenvalue weighted by Gasteiger charge is 2.33. The fraction of sp³-hybridized carbons (Fsp3) is 0.667. The quantitative estimate of drug-likeness (QED) is 0.879. The first kappa shape index (κ1) is 12.7. The van der Waals surface area contributed by atoms with Crippen molar-refractivity contribution in [2.75, 3.05) is 18.4 Å². The van der Waals surface area contributed by atoms with Gasteiger partial charge in [-0.2, -0.15) is 0 Å². The molecule has 1 saturated carbocycles. The average Bonchev–Trinajstić information content (AvgIpc) is 2.97. The lowest BCUT2D eigenvalue weighted by molar-refractivity contribution is 0.0548. The first-order valence-corrected chi connectivity index (χ1v) is 8.50. The summed E-state index contributed by atoms with van der Waals surface area (Å²) < 4.78 is 0. The molecule has 4 rings (SSSR count). The van der Waals surface area contributed by atoms with Gasteiger partial charge in [-0.15, -0.1) is 0 Å². The molecule has 2 heterocycles. The first-order valence-electron chi connectivity index (χ1n) is 8.50. The van der Waals surface area contributed by atoms with Crippen LogP contribution >= 0.6 is 0 Å². The van der Waals surface area contributed by atoms with Crippen molar-refractivity contribution in [3.63, 3.8) is 0 Å². The molecule has 0 aromatic heterocycles. The van der Waals surface area contributed by atoms with Crippen LogP contribution in [0.4, 0.5) is 5.69 Å². The van der Waals surface area contributed by atoms with Gasteiger partial charge < -0.3 is 5.32 Å². The molecule has 20 heavy (non-hydrogen) atoms. The minimum absolute atomic E-state index is 0.870. The summed E-state index contributed by atoms with van der Waals surface area (Å²) in [6, 6.07) is 7.75. The first-order chi connectivity index (χ1) is 9.92. The zero-order chi connectivity index (χ0) is 13.4. The molecule has 2 heteroatoms. The summed E-state index contributed by atoms with van der Waals surface area (Å²) in [5.41, 5.74) is 4.51. The second kappa shape index (κ2) is 5.40. The van der Waals surface area contributed by atoms with E-state index in [0.717, 1.165) is 25.0 Å². The van der Waals surface area contributed by atoms with Crippen LogP contribution in [0, 0.1) is 5.92 Å². The van der Waals surface area contributed by atoms with Crippen LogP contribution in [-0.4, -0.2) is 24.0 Å². The van der Waals surface area contributed by atoms with Gasteiger partial charge in [0, 0.05) is 24.8 Å². The number of para-hydroxylation sites is 1. The van der Waals surface area contributed by atoms with E-state index in [2.05, 4.69) is 28.4 Å². The minimum Gasteiger partial charge on any atom is -0.384 e. The van der Waals surface area contributed by atoms with Gasteiger partial charge in [-0.25, -0.2) is 0 Å². The Kier molecular flexibility index (Phi) is 3.43. The maximum Gasteiger partial charge on any atom is 0.0419 e. The number of likely N-dealkylation sites (tertiary alicyclic amines) is 1. The van der Waals surface area contributed by atoms with Crippen molar-refractivity contribution < 1.29 is 0 Å². The lowest BCUT2D eigenvalue weighted by Crippen LogP contribution is -2.46. The van der Waals surface area contributed by atoms with Crippen LogP contribution in [0.5, 0.6) is 0 Å². The monoisotopic (exact) mass is 270 g/mol. The SMILES string of the molecule is c1cc2c(c(CN3CCCC4CCCCC43)c1)NCC2. The highest BCUT2D eigenvalue weighted by molar-refractivity contribution is 5.61. The molecule has 2 aliphatic heterocycles. The molecule has 1 aromatic rings. The van der Waals surface area contributed by atoms with Gasteiger partial charge in [0.1, 0.15) is 0 Å². The third-order valence-corrected chi connectivity index (χ3v) is 5.66. The normalized spacial score (nSPS) is 29.6. The molecule has 1 aliphatic carbocycles. The minimum atomic E-state index is 0.870. The zero-order valence-corrected chi connectivity index (χ0v) is 12.4. The van der Waals surface area contributed by atoms with Crippen LogP contribution in [0.15, 0.2) is 18.2 Å². The Hall–Kier alpha value is -1.02. The summed E-state index contributed by atoms with van der Waals surface area (Å²) >= 11 is 0. The summed E-state index contributed by atoms with van der Waals surface area (Å²) in [7, 11) is 0. The number of piperidine rings is 1. The largest absolute Gasteiger partial charge is 0.384 e. The maximum atomic E-state index is 3.60. The van der Waals surface area contributed by atoms with Gasteiger partial charge in [-0.05, 0) is 55.7 Å². The topological polar surface area (TPSA) is 15.3 Å². The molecule has 1 saturated heterocycles. The molecule has 0 radical (unpaired) electrons. The Bertz CT molecular complexity index is 480. The molecule has 2 unspecified atom stereocenters. The lowest BCUT2D eigenvalue weighted by Gasteiger charge is -2.44. The Morgan fingerprint density at radius 3 is 3.00 bits per heavy atom. The van der Waals surface area contributed by atoms with E-state index in [1.807, 2.05) is 0 Å². The predicted molar refractivity (Wildman–Crippen MR) is 84.0 cm³/mol. The molecule has 3 aliphatic rings. The third-order valence-electron chi connectivity index (χ3n) is 5.66. The Morgan fingerprint density at radius 1 is 1.10 bits per heavy atom. The van der Waals surface area contributed by atoms with E-state index in [9.17, 15) is 0 Å². The summed E-state index contributed by atoms with van der Waals surface area (Å²) in [6.07, 6.45) is 9.92. The second-order valence-corrected chi connectivity index (χ2v) is 6.85. The Balaban J connectivity index is 1.54. The standard InChI is InChI=1S/C18H26N2/c1-2-9-17-14(5-1)8-4-12-20(17)13-16-7-3-6-15-10-11-19-18(15)16/h3,6-7,14,17,19H,1-2,4-5,8-13H2. The van der Waals surface area contributed by atoms with E-state index in [0.29, 0.717) is 0 Å². The summed E-state index contributed by atoms with van der Waals surface area (Å²) in [6.45, 7) is 3.60. The number of hydrogen-bond donors (Lipinski definition) is 1. The van der Waals surface area contributed by atoms with Gasteiger partial charge in [0.15, 0.2) is 0 Å². The maximum absolute atomic E-state index is 3.60. The van der Waals surface area contributed by atoms with Gasteiger partial charge >= 0.3 is 0 Å². The van der Waals surface area contributed by atoms with E-state index in [1.165, 1.54) is 68.3 Å². The van der Waals surface area contributed by atoms with Crippen molar-refractivity contribution >= 4 is 5.69 Å². The van der Waals surface area contributed by atoms with Crippen molar-refractivity contribution in [3.05, 3.63) is 29.3 Å². The number of nitrogens with one attached hydrogen (secondary N) is 1. The molecule has 108 valence electrons. The molecule has 0 bridgehead atoms. The fourth-order valence-corrected chi connectivity index (χ4v) is 4.69. The highest BCUT2D eigenvalue weighted by Crippen LogP contribution is 2.37. The van der Waals surface area contributed by atoms with Gasteiger partial charge in [0.2, 0.25) is 0 Å². The molecule has 1 N–H and O–H groups in total. The van der Waals surface area contributed by atoms with Crippen molar-refractivity contribution in [2.45, 2.75) is 57.5 Å². The van der Waals surface area contributed by atoms with E-state index in [4.69, 9.17) is 0 Å². The number of benzene rings is 1. The van der Waals surface area contributed by atoms with Crippen molar-refractivity contribution in [3.8, 4) is 0 Å². The molecular weight excluding hydrogens is 244 g/mol. The average molecular weight is 270 g/mol. The van der Waals surface area contributed by atoms with Gasteiger partial charge in [0.05, 0.1) is 0 Å². The smallest absolute Gasteiger partial charge is 0.0419 e. The highest BCUT2D eigenvalue weighted by atomic mass is 15.2. The van der Waals surface area contributed by atoms with E-state index in [1.54, 1.807) is 0 Å². The fourth-order valence-electron chi connectivity index (χ4n) is 4.69. The third kappa shape index (κ3) is 2.24. The number of fused-ring (bicyclic) bond motifs is 2. The number of rotatable bonds is 2. The van der Waals surface area contributed by atoms with Crippen LogP contribution in [0.1, 0.15) is 49.7 Å². The van der Waals surface area contributed by atoms with E-state index < -0.39 is 0 Å². The Morgan fingerprint density at radius 2 is 2.00 bits per heavy atom. The lowest BCUT2D eigenvalue weighted by atomic mass is 9.78. The number of anilines is 1. The molecule has 0 amide bonds. The van der Waals surface area contributed by atoms with Gasteiger partial charge in [0.25, 0.3) is 0 Å². The number of nitrogens with zero attached hydrogens (tertiary/aromatic N) is 1. The van der Waals surface area contributed by atoms with Crippen LogP contribution < -0.4 is 5.32 Å². The van der Waals surface area contributed by atoms with E-state index >= 15 is 0 Å². The molecule has 0 spiro atoms. The second-order valence-electron chi connectivity index (χ2n) is 6.85. The zero-order valence-electron chi connectivity index (χ0n) is 12.4. The van der Waals surface area contributed by atoms with Crippen LogP contribution in [-0.2, 0) is 13.0 Å². The van der Waals surface area contributed by atoms with Crippen molar-refractivity contribution in [1.82, 2.24) is 4.90 Å². The van der Waals surface area contributed by atoms with Gasteiger partial charge in [-0.3, -0.25) is 4.90 Å². The van der Waals surface area contributed by atoms with Crippen LogP contribution in [0.25, 0.3) is 0 Å². The summed E-state index contributed by atoms with van der Waals surface area (Å²) in [5.74, 6) is 0.988. The van der Waals surface area contributed by atoms with Gasteiger partial charge in [-0.1, -0.05) is 31.0 Å².